The number of aromatic nitrogens is 1. The third-order valence-corrected chi connectivity index (χ3v) is 2.53. The maximum Gasteiger partial charge on any atom is 0.247 e. The number of ether oxygens (including phenoxy) is 1. The predicted octanol–water partition coefficient (Wildman–Crippen LogP) is 1.24. The number of nitrogens with zero attached hydrogens (tertiary/aromatic N) is 1. The van der Waals surface area contributed by atoms with Crippen molar-refractivity contribution in [1.29, 1.82) is 0 Å². The van der Waals surface area contributed by atoms with Crippen LogP contribution in [0.4, 0.5) is 11.5 Å². The molecule has 0 aliphatic carbocycles. The monoisotopic (exact) mass is 221 g/mol. The highest BCUT2D eigenvalue weighted by Crippen LogP contribution is 2.24. The molecule has 0 fully saturated rings. The average molecular weight is 221 g/mol. The molecule has 1 amide bonds. The smallest absolute Gasteiger partial charge is 0.247 e. The van der Waals surface area contributed by atoms with Gasteiger partial charge in [0.05, 0.1) is 5.69 Å². The van der Waals surface area contributed by atoms with Crippen LogP contribution < -0.4 is 10.6 Å². The van der Waals surface area contributed by atoms with E-state index in [9.17, 15) is 4.79 Å². The second-order valence-corrected chi connectivity index (χ2v) is 3.72. The molecular formula is C11H15N3O2. The zero-order valence-corrected chi connectivity index (χ0v) is 9.19. The number of fused-ring (bicyclic) bond motifs is 1. The first-order valence-electron chi connectivity index (χ1n) is 5.32. The second kappa shape index (κ2) is 4.94. The van der Waals surface area contributed by atoms with Gasteiger partial charge in [0, 0.05) is 19.9 Å². The summed E-state index contributed by atoms with van der Waals surface area (Å²) >= 11 is 0. The Balaban J connectivity index is 2.01. The second-order valence-electron chi connectivity index (χ2n) is 3.72. The molecule has 1 unspecified atom stereocenters. The quantitative estimate of drug-likeness (QED) is 0.751. The highest BCUT2D eigenvalue weighted by Gasteiger charge is 2.25. The standard InChI is InChI=1S/C11H15N3O2/c1-16-7-3-5-9-11(15)14-8-4-2-6-12-10(8)13-9/h2,4,6,9H,3,5,7H2,1H3,(H,12,13)(H,14,15). The van der Waals surface area contributed by atoms with Crippen molar-refractivity contribution in [1.82, 2.24) is 4.98 Å². The molecule has 86 valence electrons. The Morgan fingerprint density at radius 1 is 1.56 bits per heavy atom. The Hall–Kier alpha value is -1.62. The third-order valence-electron chi connectivity index (χ3n) is 2.53. The average Bonchev–Trinajstić information content (AvgIpc) is 2.30. The molecule has 5 nitrogen and oxygen atoms in total. The zero-order valence-electron chi connectivity index (χ0n) is 9.19. The van der Waals surface area contributed by atoms with E-state index in [1.807, 2.05) is 6.07 Å². The maximum absolute atomic E-state index is 11.7. The van der Waals surface area contributed by atoms with Crippen LogP contribution in [0.3, 0.4) is 0 Å². The molecule has 0 saturated carbocycles. The summed E-state index contributed by atoms with van der Waals surface area (Å²) in [5.74, 6) is 0.737. The van der Waals surface area contributed by atoms with Gasteiger partial charge in [-0.15, -0.1) is 0 Å². The van der Waals surface area contributed by atoms with Gasteiger partial charge in [-0.1, -0.05) is 0 Å². The van der Waals surface area contributed by atoms with Crippen molar-refractivity contribution in [2.75, 3.05) is 24.4 Å². The molecule has 0 radical (unpaired) electrons. The molecule has 2 rings (SSSR count). The van der Waals surface area contributed by atoms with Crippen molar-refractivity contribution in [2.45, 2.75) is 18.9 Å². The lowest BCUT2D eigenvalue weighted by Crippen LogP contribution is -2.39. The lowest BCUT2D eigenvalue weighted by atomic mass is 10.1. The van der Waals surface area contributed by atoms with Crippen LogP contribution in [-0.2, 0) is 9.53 Å². The Kier molecular flexibility index (Phi) is 3.36. The summed E-state index contributed by atoms with van der Waals surface area (Å²) in [6, 6.07) is 3.42. The zero-order chi connectivity index (χ0) is 11.4. The van der Waals surface area contributed by atoms with Crippen LogP contribution in [0.15, 0.2) is 18.3 Å². The number of carbonyl (C=O) groups is 1. The fraction of sp³-hybridized carbons (Fsp3) is 0.455. The highest BCUT2D eigenvalue weighted by atomic mass is 16.5. The Morgan fingerprint density at radius 2 is 2.44 bits per heavy atom. The minimum Gasteiger partial charge on any atom is -0.385 e. The van der Waals surface area contributed by atoms with Crippen LogP contribution in [-0.4, -0.2) is 30.6 Å². The number of carbonyl (C=O) groups excluding carboxylic acids is 1. The van der Waals surface area contributed by atoms with E-state index in [1.165, 1.54) is 0 Å². The van der Waals surface area contributed by atoms with E-state index in [0.717, 1.165) is 24.3 Å². The topological polar surface area (TPSA) is 63.2 Å². The van der Waals surface area contributed by atoms with E-state index in [2.05, 4.69) is 15.6 Å². The van der Waals surface area contributed by atoms with Crippen molar-refractivity contribution in [2.24, 2.45) is 0 Å². The third kappa shape index (κ3) is 2.30. The van der Waals surface area contributed by atoms with Crippen molar-refractivity contribution in [3.63, 3.8) is 0 Å². The summed E-state index contributed by atoms with van der Waals surface area (Å²) in [4.78, 5) is 15.9. The van der Waals surface area contributed by atoms with Gasteiger partial charge in [0.1, 0.15) is 11.9 Å². The van der Waals surface area contributed by atoms with E-state index < -0.39 is 0 Å². The van der Waals surface area contributed by atoms with Gasteiger partial charge < -0.3 is 15.4 Å². The molecule has 0 aromatic carbocycles. The first-order chi connectivity index (χ1) is 7.81. The highest BCUT2D eigenvalue weighted by molar-refractivity contribution is 6.02. The molecule has 1 aromatic heterocycles. The minimum atomic E-state index is -0.211. The van der Waals surface area contributed by atoms with Crippen LogP contribution in [0.2, 0.25) is 0 Å². The number of pyridine rings is 1. The van der Waals surface area contributed by atoms with Crippen LogP contribution >= 0.6 is 0 Å². The molecule has 1 aliphatic rings. The summed E-state index contributed by atoms with van der Waals surface area (Å²) in [6.07, 6.45) is 3.30. The number of hydrogen-bond acceptors (Lipinski definition) is 4. The fourth-order valence-corrected chi connectivity index (χ4v) is 1.71. The van der Waals surface area contributed by atoms with Crippen LogP contribution in [0.25, 0.3) is 0 Å². The number of rotatable bonds is 4. The SMILES string of the molecule is COCCCC1Nc2ncccc2NC1=O. The molecule has 2 heterocycles. The summed E-state index contributed by atoms with van der Waals surface area (Å²) < 4.78 is 4.96. The lowest BCUT2D eigenvalue weighted by molar-refractivity contribution is -0.117. The number of amides is 1. The van der Waals surface area contributed by atoms with E-state index in [4.69, 9.17) is 4.74 Å². The van der Waals surface area contributed by atoms with Crippen LogP contribution in [0, 0.1) is 0 Å². The van der Waals surface area contributed by atoms with E-state index in [-0.39, 0.29) is 11.9 Å². The van der Waals surface area contributed by atoms with E-state index >= 15 is 0 Å². The number of hydrogen-bond donors (Lipinski definition) is 2. The summed E-state index contributed by atoms with van der Waals surface area (Å²) in [5.41, 5.74) is 0.746. The Labute approximate surface area is 94.2 Å². The van der Waals surface area contributed by atoms with Crippen molar-refractivity contribution in [3.8, 4) is 0 Å². The molecule has 1 atom stereocenters. The number of nitrogens with one attached hydrogen (secondary N) is 2. The molecule has 2 N–H and O–H groups in total. The summed E-state index contributed by atoms with van der Waals surface area (Å²) in [5, 5.41) is 5.96. The molecule has 0 saturated heterocycles. The molecule has 16 heavy (non-hydrogen) atoms. The van der Waals surface area contributed by atoms with Crippen LogP contribution in [0.5, 0.6) is 0 Å². The number of methoxy groups -OCH3 is 1. The van der Waals surface area contributed by atoms with Gasteiger partial charge in [-0.05, 0) is 25.0 Å². The van der Waals surface area contributed by atoms with Crippen LogP contribution in [0.1, 0.15) is 12.8 Å². The van der Waals surface area contributed by atoms with Gasteiger partial charge in [0.25, 0.3) is 0 Å². The normalized spacial score (nSPS) is 18.6. The van der Waals surface area contributed by atoms with Crippen molar-refractivity contribution in [3.05, 3.63) is 18.3 Å². The Morgan fingerprint density at radius 3 is 3.25 bits per heavy atom. The first kappa shape index (κ1) is 10.9. The summed E-state index contributed by atoms with van der Waals surface area (Å²) in [6.45, 7) is 0.667. The number of anilines is 2. The molecule has 0 spiro atoms. The van der Waals surface area contributed by atoms with Crippen molar-refractivity contribution >= 4 is 17.4 Å². The lowest BCUT2D eigenvalue weighted by Gasteiger charge is -2.25. The van der Waals surface area contributed by atoms with E-state index in [1.54, 1.807) is 19.4 Å². The van der Waals surface area contributed by atoms with Gasteiger partial charge in [-0.2, -0.15) is 0 Å². The Bertz CT molecular complexity index is 381. The molecule has 1 aliphatic heterocycles. The molecule has 1 aromatic rings. The molecule has 0 bridgehead atoms. The van der Waals surface area contributed by atoms with Crippen molar-refractivity contribution < 1.29 is 9.53 Å². The fourth-order valence-electron chi connectivity index (χ4n) is 1.71. The predicted molar refractivity (Wildman–Crippen MR) is 61.4 cm³/mol. The van der Waals surface area contributed by atoms with Gasteiger partial charge in [0.15, 0.2) is 0 Å². The first-order valence-corrected chi connectivity index (χ1v) is 5.32. The largest absolute Gasteiger partial charge is 0.385 e. The van der Waals surface area contributed by atoms with Gasteiger partial charge in [0.2, 0.25) is 5.91 Å². The maximum atomic E-state index is 11.7. The minimum absolute atomic E-state index is 0.00315. The molecular weight excluding hydrogens is 206 g/mol. The molecule has 5 heteroatoms. The van der Waals surface area contributed by atoms with Gasteiger partial charge in [-0.25, -0.2) is 4.98 Å². The summed E-state index contributed by atoms with van der Waals surface area (Å²) in [7, 11) is 1.66. The van der Waals surface area contributed by atoms with Gasteiger partial charge >= 0.3 is 0 Å². The van der Waals surface area contributed by atoms with E-state index in [0.29, 0.717) is 6.61 Å². The van der Waals surface area contributed by atoms with Gasteiger partial charge in [-0.3, -0.25) is 4.79 Å².